The molecule has 0 saturated heterocycles. The van der Waals surface area contributed by atoms with Gasteiger partial charge < -0.3 is 5.11 Å². The lowest BCUT2D eigenvalue weighted by molar-refractivity contribution is 0.282. The molecule has 1 unspecified atom stereocenters. The minimum atomic E-state index is -1.42. The number of terminal acetylenes is 1. The summed E-state index contributed by atoms with van der Waals surface area (Å²) >= 11 is 14.1. The van der Waals surface area contributed by atoms with E-state index in [2.05, 4.69) is 26.7 Å². The van der Waals surface area contributed by atoms with Gasteiger partial charge in [-0.25, -0.2) is 4.21 Å². The van der Waals surface area contributed by atoms with Crippen LogP contribution < -0.4 is 4.31 Å². The molecule has 0 bridgehead atoms. The first-order chi connectivity index (χ1) is 14.9. The van der Waals surface area contributed by atoms with E-state index in [1.54, 1.807) is 42.5 Å². The van der Waals surface area contributed by atoms with Crippen LogP contribution >= 0.6 is 35.0 Å². The molecule has 0 radical (unpaired) electrons. The average molecular weight is 503 g/mol. The molecular formula is C24H33Cl2NO2S2. The van der Waals surface area contributed by atoms with Gasteiger partial charge in [0.1, 0.15) is 0 Å². The van der Waals surface area contributed by atoms with Crippen LogP contribution in [0.15, 0.2) is 47.4 Å². The lowest BCUT2D eigenvalue weighted by Gasteiger charge is -2.26. The third kappa shape index (κ3) is 10.8. The second-order valence-electron chi connectivity index (χ2n) is 6.36. The minimum absolute atomic E-state index is 0.135. The average Bonchev–Trinajstić information content (AvgIpc) is 2.79. The molecule has 0 spiro atoms. The van der Waals surface area contributed by atoms with Crippen molar-refractivity contribution >= 4 is 51.6 Å². The van der Waals surface area contributed by atoms with E-state index in [1.165, 1.54) is 0 Å². The molecule has 2 rings (SSSR count). The molecular weight excluding hydrogens is 469 g/mol. The number of thioether (sulfide) groups is 1. The molecule has 0 aliphatic carbocycles. The van der Waals surface area contributed by atoms with Gasteiger partial charge in [-0.1, -0.05) is 57.0 Å². The number of aliphatic hydroxyl groups excluding tert-OH is 1. The molecule has 2 aromatic rings. The van der Waals surface area contributed by atoms with Crippen LogP contribution in [0, 0.1) is 12.8 Å². The summed E-state index contributed by atoms with van der Waals surface area (Å²) in [6.45, 7) is 8.85. The maximum absolute atomic E-state index is 13.3. The van der Waals surface area contributed by atoms with E-state index < -0.39 is 11.0 Å². The maximum atomic E-state index is 13.3. The summed E-state index contributed by atoms with van der Waals surface area (Å²) < 4.78 is 15.1. The van der Waals surface area contributed by atoms with Crippen LogP contribution in [0.1, 0.15) is 46.1 Å². The predicted octanol–water partition coefficient (Wildman–Crippen LogP) is 7.21. The standard InChI is InChI=1S/C20H25Cl2NO2S2.C2H6.C2H2/c1-15(2)26-12-4-3-11-23(20-13-18(22)6-5-16(20)14-24)27(25)19-9-7-17(21)8-10-19;2*1-2/h5-10,13,15,24H,3-4,11-12,14H2,1-2H3;1-2H3;1-2H. The van der Waals surface area contributed by atoms with Crippen molar-refractivity contribution in [2.24, 2.45) is 0 Å². The second-order valence-corrected chi connectivity index (χ2v) is 10.3. The van der Waals surface area contributed by atoms with Gasteiger partial charge in [-0.3, -0.25) is 4.31 Å². The minimum Gasteiger partial charge on any atom is -0.392 e. The summed E-state index contributed by atoms with van der Waals surface area (Å²) in [5.74, 6) is 1.07. The van der Waals surface area contributed by atoms with Crippen LogP contribution in [0.5, 0.6) is 0 Å². The summed E-state index contributed by atoms with van der Waals surface area (Å²) in [6.07, 6.45) is 9.93. The smallest absolute Gasteiger partial charge is 0.152 e. The van der Waals surface area contributed by atoms with Crippen LogP contribution in [-0.2, 0) is 17.6 Å². The summed E-state index contributed by atoms with van der Waals surface area (Å²) in [6, 6.07) is 12.3. The highest BCUT2D eigenvalue weighted by Gasteiger charge is 2.19. The fraction of sp³-hybridized carbons (Fsp3) is 0.417. The monoisotopic (exact) mass is 501 g/mol. The van der Waals surface area contributed by atoms with Gasteiger partial charge in [-0.15, -0.1) is 12.8 Å². The van der Waals surface area contributed by atoms with Crippen molar-refractivity contribution in [1.29, 1.82) is 0 Å². The number of rotatable bonds is 10. The summed E-state index contributed by atoms with van der Waals surface area (Å²) in [4.78, 5) is 0.667. The Balaban J connectivity index is 0.00000212. The number of anilines is 1. The first-order valence-electron chi connectivity index (χ1n) is 10.2. The molecule has 172 valence electrons. The maximum Gasteiger partial charge on any atom is 0.152 e. The number of hydrogen-bond donors (Lipinski definition) is 1. The molecule has 0 amide bonds. The third-order valence-electron chi connectivity index (χ3n) is 3.91. The number of aliphatic hydroxyl groups is 1. The topological polar surface area (TPSA) is 40.5 Å². The Morgan fingerprint density at radius 2 is 1.61 bits per heavy atom. The highest BCUT2D eigenvalue weighted by Crippen LogP contribution is 2.29. The highest BCUT2D eigenvalue weighted by atomic mass is 35.5. The Morgan fingerprint density at radius 3 is 2.16 bits per heavy atom. The van der Waals surface area contributed by atoms with Crippen LogP contribution in [0.3, 0.4) is 0 Å². The predicted molar refractivity (Wildman–Crippen MR) is 141 cm³/mol. The van der Waals surface area contributed by atoms with Crippen molar-refractivity contribution in [1.82, 2.24) is 0 Å². The van der Waals surface area contributed by atoms with E-state index in [0.29, 0.717) is 38.0 Å². The summed E-state index contributed by atoms with van der Waals surface area (Å²) in [5, 5.41) is 11.5. The molecule has 0 aromatic heterocycles. The number of benzene rings is 2. The highest BCUT2D eigenvalue weighted by molar-refractivity contribution is 7.99. The summed E-state index contributed by atoms with van der Waals surface area (Å²) in [7, 11) is -1.42. The van der Waals surface area contributed by atoms with Crippen molar-refractivity contribution in [2.45, 2.75) is 57.3 Å². The second kappa shape index (κ2) is 17.4. The van der Waals surface area contributed by atoms with Crippen molar-refractivity contribution in [2.75, 3.05) is 16.6 Å². The molecule has 31 heavy (non-hydrogen) atoms. The van der Waals surface area contributed by atoms with E-state index in [4.69, 9.17) is 23.2 Å². The quantitative estimate of drug-likeness (QED) is 0.276. The first-order valence-corrected chi connectivity index (χ1v) is 13.1. The summed E-state index contributed by atoms with van der Waals surface area (Å²) in [5.41, 5.74) is 1.41. The van der Waals surface area contributed by atoms with Gasteiger partial charge in [0.15, 0.2) is 11.0 Å². The van der Waals surface area contributed by atoms with E-state index in [1.807, 2.05) is 29.9 Å². The Morgan fingerprint density at radius 1 is 1.03 bits per heavy atom. The Hall–Kier alpha value is -1.16. The largest absolute Gasteiger partial charge is 0.392 e. The lowest BCUT2D eigenvalue weighted by Crippen LogP contribution is -2.28. The van der Waals surface area contributed by atoms with E-state index in [0.717, 1.165) is 18.6 Å². The fourth-order valence-corrected chi connectivity index (χ4v) is 4.95. The van der Waals surface area contributed by atoms with Gasteiger partial charge in [-0.05, 0) is 60.2 Å². The van der Waals surface area contributed by atoms with Gasteiger partial charge in [0.2, 0.25) is 0 Å². The fourth-order valence-electron chi connectivity index (χ4n) is 2.55. The Kier molecular flexibility index (Phi) is 16.8. The van der Waals surface area contributed by atoms with E-state index in [-0.39, 0.29) is 6.61 Å². The zero-order chi connectivity index (χ0) is 23.8. The van der Waals surface area contributed by atoms with Crippen molar-refractivity contribution in [3.63, 3.8) is 0 Å². The van der Waals surface area contributed by atoms with E-state index >= 15 is 0 Å². The van der Waals surface area contributed by atoms with Crippen molar-refractivity contribution in [3.05, 3.63) is 58.1 Å². The third-order valence-corrected chi connectivity index (χ3v) is 7.04. The van der Waals surface area contributed by atoms with E-state index in [9.17, 15) is 9.32 Å². The molecule has 1 atom stereocenters. The van der Waals surface area contributed by atoms with Gasteiger partial charge in [0, 0.05) is 22.2 Å². The first kappa shape index (κ1) is 29.8. The SMILES string of the molecule is C#C.CC.CC(C)SCCCCN(c1cc(Cl)ccc1CO)S(=O)c1ccc(Cl)cc1. The van der Waals surface area contributed by atoms with Crippen LogP contribution in [0.25, 0.3) is 0 Å². The molecule has 1 N–H and O–H groups in total. The van der Waals surface area contributed by atoms with Crippen LogP contribution in [-0.4, -0.2) is 26.9 Å². The molecule has 0 aliphatic heterocycles. The molecule has 3 nitrogen and oxygen atoms in total. The molecule has 0 fully saturated rings. The zero-order valence-corrected chi connectivity index (χ0v) is 21.8. The number of unbranched alkanes of at least 4 members (excludes halogenated alkanes) is 1. The Labute approximate surface area is 205 Å². The van der Waals surface area contributed by atoms with Crippen molar-refractivity contribution in [3.8, 4) is 12.8 Å². The van der Waals surface area contributed by atoms with Gasteiger partial charge in [0.05, 0.1) is 17.2 Å². The van der Waals surface area contributed by atoms with Gasteiger partial charge in [0.25, 0.3) is 0 Å². The number of hydrogen-bond acceptors (Lipinski definition) is 3. The normalized spacial score (nSPS) is 11.0. The number of halogens is 2. The Bertz CT molecular complexity index is 796. The molecule has 2 aromatic carbocycles. The molecule has 0 aliphatic rings. The van der Waals surface area contributed by atoms with Crippen molar-refractivity contribution < 1.29 is 9.32 Å². The number of nitrogens with zero attached hydrogens (tertiary/aromatic N) is 1. The van der Waals surface area contributed by atoms with Gasteiger partial charge in [-0.2, -0.15) is 11.8 Å². The van der Waals surface area contributed by atoms with Crippen LogP contribution in [0.2, 0.25) is 10.0 Å². The van der Waals surface area contributed by atoms with Gasteiger partial charge >= 0.3 is 0 Å². The molecule has 7 heteroatoms. The molecule has 0 heterocycles. The lowest BCUT2D eigenvalue weighted by atomic mass is 10.2. The zero-order valence-electron chi connectivity index (χ0n) is 18.7. The molecule has 0 saturated carbocycles. The van der Waals surface area contributed by atoms with Crippen LogP contribution in [0.4, 0.5) is 5.69 Å².